The third kappa shape index (κ3) is 4.04. The van der Waals surface area contributed by atoms with Crippen molar-refractivity contribution in [2.75, 3.05) is 0 Å². The first-order valence-corrected chi connectivity index (χ1v) is 8.15. The molecule has 0 radical (unpaired) electrons. The van der Waals surface area contributed by atoms with Gasteiger partial charge in [0.25, 0.3) is 5.69 Å². The Kier molecular flexibility index (Phi) is 5.05. The number of halogens is 1. The van der Waals surface area contributed by atoms with Gasteiger partial charge in [0, 0.05) is 11.6 Å². The fourth-order valence-corrected chi connectivity index (χ4v) is 2.63. The van der Waals surface area contributed by atoms with Gasteiger partial charge in [-0.1, -0.05) is 23.7 Å². The number of hydrogen-bond acceptors (Lipinski definition) is 5. The van der Waals surface area contributed by atoms with Gasteiger partial charge >= 0.3 is 5.97 Å². The molecule has 1 aromatic heterocycles. The summed E-state index contributed by atoms with van der Waals surface area (Å²) in [6.45, 7) is 1.72. The van der Waals surface area contributed by atoms with E-state index in [9.17, 15) is 20.0 Å². The van der Waals surface area contributed by atoms with Gasteiger partial charge < -0.3 is 9.52 Å². The van der Waals surface area contributed by atoms with Crippen LogP contribution in [0.25, 0.3) is 11.3 Å². The number of nitro groups is 1. The number of aryl methyl sites for hydroxylation is 1. The van der Waals surface area contributed by atoms with Gasteiger partial charge in [-0.3, -0.25) is 15.1 Å². The molecular weight excluding hydrogens is 372 g/mol. The lowest BCUT2D eigenvalue weighted by atomic mass is 10.0. The predicted octanol–water partition coefficient (Wildman–Crippen LogP) is 5.27. The van der Waals surface area contributed by atoms with Crippen LogP contribution in [0.5, 0.6) is 0 Å². The van der Waals surface area contributed by atoms with Crippen molar-refractivity contribution >= 4 is 35.2 Å². The van der Waals surface area contributed by atoms with Gasteiger partial charge in [-0.25, -0.2) is 4.79 Å². The summed E-state index contributed by atoms with van der Waals surface area (Å²) in [5, 5.41) is 20.2. The number of aromatic carboxylic acids is 1. The molecule has 27 heavy (non-hydrogen) atoms. The number of nitrogens with zero attached hydrogens (tertiary/aromatic N) is 2. The third-order valence-electron chi connectivity index (χ3n) is 3.85. The molecule has 0 amide bonds. The summed E-state index contributed by atoms with van der Waals surface area (Å²) < 4.78 is 5.67. The molecule has 0 fully saturated rings. The molecular formula is C19H13ClN2O5. The zero-order chi connectivity index (χ0) is 19.6. The van der Waals surface area contributed by atoms with Crippen molar-refractivity contribution in [1.82, 2.24) is 0 Å². The standard InChI is InChI=1S/C19H13ClN2O5/c1-11-2-3-12(8-15(11)19(23)24)18-7-5-14(27-18)10-21-13-4-6-16(20)17(9-13)22(25)26/h2-10H,1H3,(H,23,24). The molecule has 2 aromatic carbocycles. The van der Waals surface area contributed by atoms with Gasteiger partial charge in [0.05, 0.1) is 22.4 Å². The van der Waals surface area contributed by atoms with E-state index in [1.54, 1.807) is 43.3 Å². The van der Waals surface area contributed by atoms with E-state index >= 15 is 0 Å². The Balaban J connectivity index is 1.86. The number of carboxylic acid groups (broad SMARTS) is 1. The topological polar surface area (TPSA) is 106 Å². The summed E-state index contributed by atoms with van der Waals surface area (Å²) in [5.41, 5.74) is 1.61. The second-order valence-electron chi connectivity index (χ2n) is 5.69. The maximum atomic E-state index is 11.3. The molecule has 3 aromatic rings. The van der Waals surface area contributed by atoms with E-state index in [2.05, 4.69) is 4.99 Å². The van der Waals surface area contributed by atoms with Gasteiger partial charge in [-0.2, -0.15) is 0 Å². The number of nitro benzene ring substituents is 1. The number of carbonyl (C=O) groups is 1. The molecule has 3 rings (SSSR count). The average molecular weight is 385 g/mol. The Bertz CT molecular complexity index is 1070. The van der Waals surface area contributed by atoms with Crippen molar-refractivity contribution < 1.29 is 19.2 Å². The molecule has 0 bridgehead atoms. The highest BCUT2D eigenvalue weighted by Gasteiger charge is 2.13. The molecule has 0 aliphatic rings. The minimum Gasteiger partial charge on any atom is -0.478 e. The van der Waals surface area contributed by atoms with Crippen LogP contribution < -0.4 is 0 Å². The molecule has 136 valence electrons. The molecule has 0 aliphatic carbocycles. The predicted molar refractivity (Wildman–Crippen MR) is 101 cm³/mol. The van der Waals surface area contributed by atoms with Gasteiger partial charge in [0.15, 0.2) is 0 Å². The van der Waals surface area contributed by atoms with Crippen LogP contribution in [-0.2, 0) is 0 Å². The summed E-state index contributed by atoms with van der Waals surface area (Å²) in [5.74, 6) is -0.104. The number of carboxylic acids is 1. The van der Waals surface area contributed by atoms with Crippen molar-refractivity contribution in [3.63, 3.8) is 0 Å². The SMILES string of the molecule is Cc1ccc(-c2ccc(C=Nc3ccc(Cl)c([N+](=O)[O-])c3)o2)cc1C(=O)O. The fourth-order valence-electron chi connectivity index (χ4n) is 2.44. The molecule has 7 nitrogen and oxygen atoms in total. The van der Waals surface area contributed by atoms with Gasteiger partial charge in [-0.15, -0.1) is 0 Å². The summed E-state index contributed by atoms with van der Waals surface area (Å²) in [6, 6.07) is 12.6. The first-order chi connectivity index (χ1) is 12.8. The third-order valence-corrected chi connectivity index (χ3v) is 4.17. The number of furan rings is 1. The summed E-state index contributed by atoms with van der Waals surface area (Å²) in [6.07, 6.45) is 1.42. The minimum absolute atomic E-state index is 0.0350. The van der Waals surface area contributed by atoms with Crippen LogP contribution in [0, 0.1) is 17.0 Å². The monoisotopic (exact) mass is 384 g/mol. The number of aliphatic imine (C=N–C) groups is 1. The summed E-state index contributed by atoms with van der Waals surface area (Å²) >= 11 is 5.77. The van der Waals surface area contributed by atoms with Crippen molar-refractivity contribution in [3.05, 3.63) is 80.6 Å². The highest BCUT2D eigenvalue weighted by atomic mass is 35.5. The lowest BCUT2D eigenvalue weighted by Gasteiger charge is -2.03. The Labute approximate surface area is 158 Å². The maximum absolute atomic E-state index is 11.3. The largest absolute Gasteiger partial charge is 0.478 e. The number of rotatable bonds is 5. The molecule has 1 N–H and O–H groups in total. The Hall–Kier alpha value is -3.45. The van der Waals surface area contributed by atoms with E-state index in [1.807, 2.05) is 0 Å². The Morgan fingerprint density at radius 1 is 1.22 bits per heavy atom. The minimum atomic E-state index is -1.01. The molecule has 1 heterocycles. The highest BCUT2D eigenvalue weighted by Crippen LogP contribution is 2.29. The molecule has 0 saturated carbocycles. The molecule has 0 aliphatic heterocycles. The van der Waals surface area contributed by atoms with E-state index in [0.29, 0.717) is 28.3 Å². The smallest absolute Gasteiger partial charge is 0.335 e. The highest BCUT2D eigenvalue weighted by molar-refractivity contribution is 6.32. The number of hydrogen-bond donors (Lipinski definition) is 1. The Morgan fingerprint density at radius 3 is 2.70 bits per heavy atom. The van der Waals surface area contributed by atoms with Crippen LogP contribution in [0.3, 0.4) is 0 Å². The van der Waals surface area contributed by atoms with Crippen LogP contribution in [0.4, 0.5) is 11.4 Å². The lowest BCUT2D eigenvalue weighted by Crippen LogP contribution is -1.99. The van der Waals surface area contributed by atoms with Crippen molar-refractivity contribution in [3.8, 4) is 11.3 Å². The van der Waals surface area contributed by atoms with Crippen molar-refractivity contribution in [1.29, 1.82) is 0 Å². The molecule has 0 saturated heterocycles. The zero-order valence-corrected chi connectivity index (χ0v) is 14.8. The normalized spacial score (nSPS) is 11.0. The zero-order valence-electron chi connectivity index (χ0n) is 14.0. The maximum Gasteiger partial charge on any atom is 0.335 e. The lowest BCUT2D eigenvalue weighted by molar-refractivity contribution is -0.384. The van der Waals surface area contributed by atoms with E-state index in [0.717, 1.165) is 0 Å². The van der Waals surface area contributed by atoms with E-state index < -0.39 is 10.9 Å². The second kappa shape index (κ2) is 7.43. The average Bonchev–Trinajstić information content (AvgIpc) is 3.10. The molecule has 0 atom stereocenters. The van der Waals surface area contributed by atoms with Crippen LogP contribution >= 0.6 is 11.6 Å². The first-order valence-electron chi connectivity index (χ1n) is 7.77. The van der Waals surface area contributed by atoms with Gasteiger partial charge in [0.1, 0.15) is 16.5 Å². The molecule has 0 spiro atoms. The van der Waals surface area contributed by atoms with E-state index in [4.69, 9.17) is 16.0 Å². The number of benzene rings is 2. The quantitative estimate of drug-likeness (QED) is 0.366. The van der Waals surface area contributed by atoms with Gasteiger partial charge in [-0.05, 0) is 42.8 Å². The summed E-state index contributed by atoms with van der Waals surface area (Å²) in [7, 11) is 0. The van der Waals surface area contributed by atoms with E-state index in [-0.39, 0.29) is 16.3 Å². The summed E-state index contributed by atoms with van der Waals surface area (Å²) in [4.78, 5) is 25.7. The Morgan fingerprint density at radius 2 is 2.00 bits per heavy atom. The van der Waals surface area contributed by atoms with Crippen molar-refractivity contribution in [2.45, 2.75) is 6.92 Å². The van der Waals surface area contributed by atoms with Crippen LogP contribution in [-0.4, -0.2) is 22.2 Å². The van der Waals surface area contributed by atoms with Crippen LogP contribution in [0.15, 0.2) is 57.9 Å². The molecule has 0 unspecified atom stereocenters. The van der Waals surface area contributed by atoms with Gasteiger partial charge in [0.2, 0.25) is 0 Å². The van der Waals surface area contributed by atoms with E-state index in [1.165, 1.54) is 18.3 Å². The van der Waals surface area contributed by atoms with Crippen molar-refractivity contribution in [2.24, 2.45) is 4.99 Å². The second-order valence-corrected chi connectivity index (χ2v) is 6.10. The van der Waals surface area contributed by atoms with Crippen LogP contribution in [0.2, 0.25) is 5.02 Å². The fraction of sp³-hybridized carbons (Fsp3) is 0.0526. The first kappa shape index (κ1) is 18.3. The van der Waals surface area contributed by atoms with Crippen LogP contribution in [0.1, 0.15) is 21.7 Å². The molecule has 8 heteroatoms.